The third-order valence-electron chi connectivity index (χ3n) is 6.16. The molecule has 1 aliphatic rings. The van der Waals surface area contributed by atoms with Crippen LogP contribution in [0.3, 0.4) is 0 Å². The van der Waals surface area contributed by atoms with Crippen LogP contribution in [-0.2, 0) is 11.8 Å². The number of rotatable bonds is 6. The molecule has 0 bridgehead atoms. The van der Waals surface area contributed by atoms with Crippen molar-refractivity contribution in [3.05, 3.63) is 51.3 Å². The number of anilines is 3. The maximum Gasteiger partial charge on any atom is 0.293 e. The minimum absolute atomic E-state index is 0.00105. The van der Waals surface area contributed by atoms with Crippen molar-refractivity contribution in [2.24, 2.45) is 18.7 Å². The molecule has 1 aliphatic heterocycles. The molecule has 2 aromatic heterocycles. The van der Waals surface area contributed by atoms with Gasteiger partial charge in [-0.25, -0.2) is 4.98 Å². The van der Waals surface area contributed by atoms with E-state index in [2.05, 4.69) is 23.6 Å². The number of pyridine rings is 2. The summed E-state index contributed by atoms with van der Waals surface area (Å²) in [6.07, 6.45) is 0.922. The average molecular weight is 510 g/mol. The van der Waals surface area contributed by atoms with Crippen molar-refractivity contribution in [2.45, 2.75) is 19.4 Å². The summed E-state index contributed by atoms with van der Waals surface area (Å²) in [5.41, 5.74) is 7.62. The minimum Gasteiger partial charge on any atom is -0.478 e. The Hall–Kier alpha value is -3.81. The highest BCUT2D eigenvalue weighted by molar-refractivity contribution is 6.33. The molecule has 1 amide bonds. The van der Waals surface area contributed by atoms with E-state index in [0.717, 1.165) is 18.4 Å². The van der Waals surface area contributed by atoms with E-state index in [-0.39, 0.29) is 29.9 Å². The second kappa shape index (κ2) is 10.4. The number of carbonyl (C=O) groups is 1. The van der Waals surface area contributed by atoms with E-state index < -0.39 is 0 Å². The highest BCUT2D eigenvalue weighted by Gasteiger charge is 2.26. The first-order valence-corrected chi connectivity index (χ1v) is 11.9. The van der Waals surface area contributed by atoms with Gasteiger partial charge in [-0.2, -0.15) is 5.26 Å². The average Bonchev–Trinajstić information content (AvgIpc) is 2.85. The van der Waals surface area contributed by atoms with E-state index in [1.807, 2.05) is 17.0 Å². The summed E-state index contributed by atoms with van der Waals surface area (Å²) in [6.45, 7) is 3.22. The van der Waals surface area contributed by atoms with Gasteiger partial charge in [-0.15, -0.1) is 0 Å². The number of carbonyl (C=O) groups excluding carboxylic acids is 1. The molecule has 1 saturated heterocycles. The van der Waals surface area contributed by atoms with Crippen LogP contribution >= 0.6 is 11.6 Å². The predicted octanol–water partition coefficient (Wildman–Crippen LogP) is 2.50. The summed E-state index contributed by atoms with van der Waals surface area (Å²) in [4.78, 5) is 30.9. The van der Waals surface area contributed by atoms with Gasteiger partial charge in [0.1, 0.15) is 11.9 Å². The number of amides is 1. The van der Waals surface area contributed by atoms with Crippen LogP contribution in [0, 0.1) is 17.2 Å². The Bertz CT molecular complexity index is 1410. The molecule has 1 fully saturated rings. The molecule has 36 heavy (non-hydrogen) atoms. The molecule has 11 heteroatoms. The Labute approximate surface area is 213 Å². The van der Waals surface area contributed by atoms with Crippen molar-refractivity contribution in [3.8, 4) is 11.8 Å². The molecule has 4 rings (SSSR count). The molecule has 2 atom stereocenters. The van der Waals surface area contributed by atoms with E-state index in [0.29, 0.717) is 45.9 Å². The number of nitrogens with one attached hydrogen (secondary N) is 2. The van der Waals surface area contributed by atoms with Crippen molar-refractivity contribution >= 4 is 45.7 Å². The summed E-state index contributed by atoms with van der Waals surface area (Å²) in [7, 11) is 3.14. The summed E-state index contributed by atoms with van der Waals surface area (Å²) in [5, 5.41) is 16.4. The van der Waals surface area contributed by atoms with Crippen molar-refractivity contribution in [3.63, 3.8) is 0 Å². The largest absolute Gasteiger partial charge is 0.478 e. The first-order chi connectivity index (χ1) is 17.2. The van der Waals surface area contributed by atoms with E-state index in [4.69, 9.17) is 27.1 Å². The van der Waals surface area contributed by atoms with Crippen molar-refractivity contribution < 1.29 is 9.53 Å². The summed E-state index contributed by atoms with van der Waals surface area (Å²) >= 11 is 6.48. The number of aromatic nitrogens is 2. The third-order valence-corrected chi connectivity index (χ3v) is 6.45. The lowest BCUT2D eigenvalue weighted by atomic mass is 9.96. The van der Waals surface area contributed by atoms with Crippen LogP contribution in [0.1, 0.15) is 18.9 Å². The molecule has 10 nitrogen and oxygen atoms in total. The lowest BCUT2D eigenvalue weighted by Crippen LogP contribution is -2.47. The van der Waals surface area contributed by atoms with E-state index >= 15 is 0 Å². The number of likely N-dealkylation sites (N-methyl/N-ethyl adjacent to an activating group) is 1. The number of hydrogen-bond acceptors (Lipinski definition) is 8. The highest BCUT2D eigenvalue weighted by Crippen LogP contribution is 2.32. The maximum atomic E-state index is 12.6. The van der Waals surface area contributed by atoms with Gasteiger partial charge < -0.3 is 30.6 Å². The van der Waals surface area contributed by atoms with Gasteiger partial charge in [-0.3, -0.25) is 9.59 Å². The van der Waals surface area contributed by atoms with Gasteiger partial charge in [0.2, 0.25) is 0 Å². The number of aryl methyl sites for hydroxylation is 1. The predicted molar refractivity (Wildman–Crippen MR) is 140 cm³/mol. The summed E-state index contributed by atoms with van der Waals surface area (Å²) in [6, 6.07) is 10.8. The molecule has 3 heterocycles. The molecular formula is C25H28ClN7O3. The zero-order valence-electron chi connectivity index (χ0n) is 20.3. The molecule has 0 saturated carbocycles. The molecular weight excluding hydrogens is 482 g/mol. The minimum atomic E-state index is -0.345. The van der Waals surface area contributed by atoms with Crippen molar-refractivity contribution in [2.75, 3.05) is 37.0 Å². The fourth-order valence-electron chi connectivity index (χ4n) is 4.45. The topological polar surface area (TPSA) is 138 Å². The fourth-order valence-corrected chi connectivity index (χ4v) is 4.65. The van der Waals surface area contributed by atoms with Crippen molar-refractivity contribution in [1.29, 1.82) is 5.26 Å². The second-order valence-corrected chi connectivity index (χ2v) is 9.45. The number of nitrogens with two attached hydrogens (primary N) is 1. The van der Waals surface area contributed by atoms with Gasteiger partial charge in [0.15, 0.2) is 18.2 Å². The third kappa shape index (κ3) is 5.22. The number of halogens is 1. The molecule has 4 N–H and O–H groups in total. The quantitative estimate of drug-likeness (QED) is 0.460. The zero-order chi connectivity index (χ0) is 26.0. The lowest BCUT2D eigenvalue weighted by molar-refractivity contribution is -0.122. The van der Waals surface area contributed by atoms with Gasteiger partial charge in [0, 0.05) is 44.3 Å². The standard InChI is InChI=1S/C25H28ClN7O3/c1-14-6-17(28)12-33(11-14)24-16(10-27)8-19(26)23(31-24)30-18-4-5-20-15(7-18)9-21(25(35)32(20)3)36-13-22(34)29-2/h4-5,7-9,14,17H,6,11-13,28H2,1-3H3,(H,29,34)(H,30,31)/t14-,17+/m1/s1. The monoisotopic (exact) mass is 509 g/mol. The van der Waals surface area contributed by atoms with E-state index in [1.165, 1.54) is 11.6 Å². The fraction of sp³-hybridized carbons (Fsp3) is 0.360. The number of piperidine rings is 1. The van der Waals surface area contributed by atoms with Gasteiger partial charge in [0.25, 0.3) is 11.5 Å². The first-order valence-electron chi connectivity index (χ1n) is 11.6. The Morgan fingerprint density at radius 3 is 2.81 bits per heavy atom. The Kier molecular flexibility index (Phi) is 7.33. The van der Waals surface area contributed by atoms with E-state index in [1.54, 1.807) is 25.2 Å². The number of ether oxygens (including phenoxy) is 1. The van der Waals surface area contributed by atoms with Crippen LogP contribution in [0.15, 0.2) is 35.1 Å². The summed E-state index contributed by atoms with van der Waals surface area (Å²) in [5.74, 6) is 1.05. The first kappa shape index (κ1) is 25.3. The number of nitrogens with zero attached hydrogens (tertiary/aromatic N) is 4. The SMILES string of the molecule is CNC(=O)COc1cc2cc(Nc3nc(N4C[C@H](C)C[C@H](N)C4)c(C#N)cc3Cl)ccc2n(C)c1=O. The zero-order valence-corrected chi connectivity index (χ0v) is 21.1. The molecule has 0 aliphatic carbocycles. The van der Waals surface area contributed by atoms with Gasteiger partial charge in [-0.1, -0.05) is 18.5 Å². The van der Waals surface area contributed by atoms with Crippen LogP contribution in [0.4, 0.5) is 17.3 Å². The number of benzene rings is 1. The van der Waals surface area contributed by atoms with Gasteiger partial charge >= 0.3 is 0 Å². The van der Waals surface area contributed by atoms with Crippen molar-refractivity contribution in [1.82, 2.24) is 14.9 Å². The van der Waals surface area contributed by atoms with Crippen LogP contribution in [0.2, 0.25) is 5.02 Å². The Morgan fingerprint density at radius 1 is 1.33 bits per heavy atom. The maximum absolute atomic E-state index is 12.6. The number of nitriles is 1. The number of fused-ring (bicyclic) bond motifs is 1. The molecule has 0 unspecified atom stereocenters. The van der Waals surface area contributed by atoms with E-state index in [9.17, 15) is 14.9 Å². The lowest BCUT2D eigenvalue weighted by Gasteiger charge is -2.36. The molecule has 0 radical (unpaired) electrons. The van der Waals surface area contributed by atoms with Crippen LogP contribution in [0.25, 0.3) is 10.9 Å². The molecule has 0 spiro atoms. The van der Waals surface area contributed by atoms with Crippen LogP contribution in [-0.4, -0.2) is 48.2 Å². The normalized spacial score (nSPS) is 17.5. The van der Waals surface area contributed by atoms with Gasteiger partial charge in [0.05, 0.1) is 16.1 Å². The molecule has 188 valence electrons. The molecule has 1 aromatic carbocycles. The molecule has 3 aromatic rings. The van der Waals surface area contributed by atoms with Gasteiger partial charge in [-0.05, 0) is 42.7 Å². The number of hydrogen-bond donors (Lipinski definition) is 3. The Morgan fingerprint density at radius 2 is 2.11 bits per heavy atom. The smallest absolute Gasteiger partial charge is 0.293 e. The van der Waals surface area contributed by atoms with Crippen LogP contribution in [0.5, 0.6) is 5.75 Å². The Balaban J connectivity index is 1.68. The highest BCUT2D eigenvalue weighted by atomic mass is 35.5. The van der Waals surface area contributed by atoms with Crippen LogP contribution < -0.4 is 31.6 Å². The summed E-state index contributed by atoms with van der Waals surface area (Å²) < 4.78 is 6.90. The second-order valence-electron chi connectivity index (χ2n) is 9.04.